The molecule has 5 heteroatoms. The molecule has 0 fully saturated rings. The van der Waals surface area contributed by atoms with Crippen LogP contribution < -0.4 is 4.80 Å². The molecule has 0 aliphatic heterocycles. The molecule has 0 saturated carbocycles. The van der Waals surface area contributed by atoms with E-state index in [4.69, 9.17) is 12.2 Å². The first-order valence-corrected chi connectivity index (χ1v) is 4.86. The number of aryl methyl sites for hydroxylation is 1. The van der Waals surface area contributed by atoms with Crippen LogP contribution in [0, 0.1) is 4.77 Å². The van der Waals surface area contributed by atoms with Crippen molar-refractivity contribution in [2.45, 2.75) is 13.5 Å². The fourth-order valence-corrected chi connectivity index (χ4v) is 1.46. The average molecular weight is 207 g/mol. The van der Waals surface area contributed by atoms with Gasteiger partial charge in [-0.2, -0.15) is 0 Å². The highest BCUT2D eigenvalue weighted by molar-refractivity contribution is 7.71. The van der Waals surface area contributed by atoms with Gasteiger partial charge in [-0.25, -0.2) is 0 Å². The van der Waals surface area contributed by atoms with Crippen molar-refractivity contribution in [1.82, 2.24) is 15.0 Å². The van der Waals surface area contributed by atoms with Crippen LogP contribution in [0.4, 0.5) is 0 Å². The van der Waals surface area contributed by atoms with Gasteiger partial charge in [-0.05, 0) is 36.4 Å². The van der Waals surface area contributed by atoms with Gasteiger partial charge in [0.1, 0.15) is 6.54 Å². The Labute approximate surface area is 86.8 Å². The lowest BCUT2D eigenvalue weighted by molar-refractivity contribution is -0.803. The van der Waals surface area contributed by atoms with E-state index < -0.39 is 0 Å². The predicted molar refractivity (Wildman–Crippen MR) is 54.6 cm³/mol. The van der Waals surface area contributed by atoms with Gasteiger partial charge in [-0.15, -0.1) is 0 Å². The Morgan fingerprint density at radius 1 is 1.43 bits per heavy atom. The van der Waals surface area contributed by atoms with Crippen molar-refractivity contribution in [3.63, 3.8) is 0 Å². The van der Waals surface area contributed by atoms with E-state index in [9.17, 15) is 0 Å². The molecule has 72 valence electrons. The van der Waals surface area contributed by atoms with Gasteiger partial charge in [0.25, 0.3) is 0 Å². The first-order chi connectivity index (χ1) is 6.81. The van der Waals surface area contributed by atoms with Crippen LogP contribution in [0.15, 0.2) is 30.3 Å². The molecule has 2 rings (SSSR count). The van der Waals surface area contributed by atoms with Crippen molar-refractivity contribution in [3.8, 4) is 5.69 Å². The first-order valence-electron chi connectivity index (χ1n) is 4.46. The van der Waals surface area contributed by atoms with Crippen molar-refractivity contribution < 1.29 is 4.80 Å². The Kier molecular flexibility index (Phi) is 2.41. The fourth-order valence-electron chi connectivity index (χ4n) is 1.22. The summed E-state index contributed by atoms with van der Waals surface area (Å²) in [4.78, 5) is 1.70. The molecule has 0 spiro atoms. The number of rotatable bonds is 2. The Hall–Kier alpha value is -1.49. The molecule has 0 radical (unpaired) electrons. The molecule has 1 N–H and O–H groups in total. The third-order valence-corrected chi connectivity index (χ3v) is 2.19. The standard InChI is InChI=1S/C9H10N4S/c1-2-12-10-9(14)13(11-12)8-6-4-3-5-7-8/h3-7H,2H2,1H3/p+1. The molecule has 1 heterocycles. The second kappa shape index (κ2) is 3.71. The van der Waals surface area contributed by atoms with Gasteiger partial charge in [0.05, 0.1) is 0 Å². The smallest absolute Gasteiger partial charge is 0.0945 e. The van der Waals surface area contributed by atoms with E-state index in [-0.39, 0.29) is 0 Å². The second-order valence-electron chi connectivity index (χ2n) is 2.87. The van der Waals surface area contributed by atoms with Crippen molar-refractivity contribution in [3.05, 3.63) is 35.1 Å². The number of hydrogen-bond donors (Lipinski definition) is 1. The van der Waals surface area contributed by atoms with E-state index in [0.717, 1.165) is 12.2 Å². The lowest BCUT2D eigenvalue weighted by atomic mass is 10.3. The zero-order valence-electron chi connectivity index (χ0n) is 7.84. The SMILES string of the molecule is CC[n+]1nc(=S)n(-c2ccccc2)[nH]1. The molecule has 0 saturated heterocycles. The van der Waals surface area contributed by atoms with Gasteiger partial charge in [0.2, 0.25) is 0 Å². The van der Waals surface area contributed by atoms with Crippen LogP contribution in [0.5, 0.6) is 0 Å². The number of nitrogens with zero attached hydrogens (tertiary/aromatic N) is 3. The molecule has 0 aliphatic rings. The molecule has 1 aromatic heterocycles. The summed E-state index contributed by atoms with van der Waals surface area (Å²) in [7, 11) is 0. The Bertz CT molecular complexity index is 471. The van der Waals surface area contributed by atoms with E-state index in [0.29, 0.717) is 4.77 Å². The van der Waals surface area contributed by atoms with Gasteiger partial charge in [-0.3, -0.25) is 0 Å². The normalized spacial score (nSPS) is 10.4. The number of benzene rings is 1. The number of aromatic nitrogens is 4. The van der Waals surface area contributed by atoms with Gasteiger partial charge >= 0.3 is 4.77 Å². The topological polar surface area (TPSA) is 37.5 Å². The van der Waals surface area contributed by atoms with Crippen molar-refractivity contribution >= 4 is 12.2 Å². The largest absolute Gasteiger partial charge is 0.352 e. The monoisotopic (exact) mass is 207 g/mol. The van der Waals surface area contributed by atoms with Crippen LogP contribution in [0.1, 0.15) is 6.92 Å². The summed E-state index contributed by atoms with van der Waals surface area (Å²) in [5.41, 5.74) is 0.997. The summed E-state index contributed by atoms with van der Waals surface area (Å²) in [5, 5.41) is 7.21. The van der Waals surface area contributed by atoms with Gasteiger partial charge in [0, 0.05) is 0 Å². The van der Waals surface area contributed by atoms with Crippen LogP contribution in [0.25, 0.3) is 5.69 Å². The first kappa shape index (κ1) is 9.08. The molecular formula is C9H11N4S+. The van der Waals surface area contributed by atoms with E-state index >= 15 is 0 Å². The minimum Gasteiger partial charge on any atom is -0.0945 e. The lowest BCUT2D eigenvalue weighted by Crippen LogP contribution is -2.38. The highest BCUT2D eigenvalue weighted by Crippen LogP contribution is 2.03. The lowest BCUT2D eigenvalue weighted by Gasteiger charge is -1.91. The van der Waals surface area contributed by atoms with Gasteiger partial charge in [-0.1, -0.05) is 32.9 Å². The summed E-state index contributed by atoms with van der Waals surface area (Å²) in [6.07, 6.45) is 0. The molecule has 0 atom stereocenters. The maximum Gasteiger partial charge on any atom is 0.352 e. The maximum atomic E-state index is 5.12. The quantitative estimate of drug-likeness (QED) is 0.594. The molecule has 0 bridgehead atoms. The van der Waals surface area contributed by atoms with E-state index in [1.807, 2.05) is 37.3 Å². The van der Waals surface area contributed by atoms with Crippen LogP contribution >= 0.6 is 12.2 Å². The zero-order valence-corrected chi connectivity index (χ0v) is 8.66. The van der Waals surface area contributed by atoms with Crippen molar-refractivity contribution in [2.24, 2.45) is 0 Å². The van der Waals surface area contributed by atoms with Gasteiger partial charge < -0.3 is 0 Å². The summed E-state index contributed by atoms with van der Waals surface area (Å²) in [6.45, 7) is 2.79. The summed E-state index contributed by atoms with van der Waals surface area (Å²) in [5.74, 6) is 0. The summed E-state index contributed by atoms with van der Waals surface area (Å²) in [6, 6.07) is 9.86. The third kappa shape index (κ3) is 1.58. The molecule has 14 heavy (non-hydrogen) atoms. The Balaban J connectivity index is 2.52. The van der Waals surface area contributed by atoms with Crippen LogP contribution in [0.2, 0.25) is 0 Å². The molecule has 0 unspecified atom stereocenters. The van der Waals surface area contributed by atoms with Crippen LogP contribution in [-0.4, -0.2) is 15.0 Å². The predicted octanol–water partition coefficient (Wildman–Crippen LogP) is 1.24. The highest BCUT2D eigenvalue weighted by Gasteiger charge is 2.08. The second-order valence-corrected chi connectivity index (χ2v) is 3.23. The van der Waals surface area contributed by atoms with Crippen molar-refractivity contribution in [2.75, 3.05) is 0 Å². The minimum atomic E-state index is 0.540. The molecule has 0 amide bonds. The van der Waals surface area contributed by atoms with Crippen LogP contribution in [0.3, 0.4) is 0 Å². The number of H-pyrrole nitrogens is 1. The zero-order chi connectivity index (χ0) is 9.97. The molecule has 1 aromatic carbocycles. The fraction of sp³-hybridized carbons (Fsp3) is 0.222. The number of para-hydroxylation sites is 1. The minimum absolute atomic E-state index is 0.540. The third-order valence-electron chi connectivity index (χ3n) is 1.93. The number of nitrogens with one attached hydrogen (secondary N) is 1. The van der Waals surface area contributed by atoms with E-state index in [1.165, 1.54) is 0 Å². The van der Waals surface area contributed by atoms with Crippen molar-refractivity contribution in [1.29, 1.82) is 0 Å². The summed E-state index contributed by atoms with van der Waals surface area (Å²) < 4.78 is 2.32. The molecular weight excluding hydrogens is 196 g/mol. The van der Waals surface area contributed by atoms with Gasteiger partial charge in [0.15, 0.2) is 5.69 Å². The maximum absolute atomic E-state index is 5.12. The van der Waals surface area contributed by atoms with E-state index in [1.54, 1.807) is 9.48 Å². The molecule has 4 nitrogen and oxygen atoms in total. The average Bonchev–Trinajstić information content (AvgIpc) is 2.61. The molecule has 2 aromatic rings. The number of aromatic amines is 1. The Morgan fingerprint density at radius 3 is 2.71 bits per heavy atom. The molecule has 0 aliphatic carbocycles. The summed E-state index contributed by atoms with van der Waals surface area (Å²) >= 11 is 5.12. The highest BCUT2D eigenvalue weighted by atomic mass is 32.1. The number of hydrogen-bond acceptors (Lipinski definition) is 2. The van der Waals surface area contributed by atoms with Crippen LogP contribution in [-0.2, 0) is 6.54 Å². The Morgan fingerprint density at radius 2 is 2.14 bits per heavy atom. The van der Waals surface area contributed by atoms with E-state index in [2.05, 4.69) is 10.3 Å². The number of tetrazole rings is 1.